The maximum Gasteiger partial charge on any atom is 0.119 e. The van der Waals surface area contributed by atoms with Crippen LogP contribution in [-0.2, 0) is 41.3 Å². The van der Waals surface area contributed by atoms with E-state index >= 15 is 0 Å². The first-order valence-electron chi connectivity index (χ1n) is 14.8. The van der Waals surface area contributed by atoms with Gasteiger partial charge in [0.2, 0.25) is 0 Å². The highest BCUT2D eigenvalue weighted by atomic mass is 16.6. The minimum atomic E-state index is 0.505. The molecule has 1 aliphatic rings. The number of methoxy groups -OCH3 is 1. The van der Waals surface area contributed by atoms with E-state index in [1.165, 1.54) is 27.8 Å². The highest BCUT2D eigenvalue weighted by molar-refractivity contribution is 5.84. The van der Waals surface area contributed by atoms with Gasteiger partial charge in [-0.3, -0.25) is 0 Å². The van der Waals surface area contributed by atoms with Gasteiger partial charge < -0.3 is 38.1 Å². The standard InChI is InChI=1S/C33H49NO7/c1-34(2)14-6-9-33-31-8-5-4-7-28(31)10-11-29-27-30(12-13-32(29)33)41-26-25-40-24-23-39-22-21-38-20-19-37-18-17-36-16-15-35-3/h4-5,7-9,12-13,27H,6,10-11,14-26H2,1-3H3/b33-9+. The molecule has 0 heterocycles. The summed E-state index contributed by atoms with van der Waals surface area (Å²) in [6.07, 6.45) is 5.45. The van der Waals surface area contributed by atoms with Crippen LogP contribution in [0.15, 0.2) is 48.5 Å². The van der Waals surface area contributed by atoms with Crippen LogP contribution in [-0.4, -0.2) is 112 Å². The van der Waals surface area contributed by atoms with Gasteiger partial charge in [0.15, 0.2) is 0 Å². The average Bonchev–Trinajstić information content (AvgIpc) is 3.13. The van der Waals surface area contributed by atoms with Crippen molar-refractivity contribution in [2.75, 3.05) is 107 Å². The number of rotatable bonds is 22. The van der Waals surface area contributed by atoms with Gasteiger partial charge in [-0.15, -0.1) is 0 Å². The molecule has 0 bridgehead atoms. The zero-order valence-corrected chi connectivity index (χ0v) is 25.2. The Balaban J connectivity index is 1.27. The quantitative estimate of drug-likeness (QED) is 0.194. The lowest BCUT2D eigenvalue weighted by Gasteiger charge is -2.15. The first kappa shape index (κ1) is 33.2. The van der Waals surface area contributed by atoms with E-state index in [1.807, 2.05) is 0 Å². The van der Waals surface area contributed by atoms with Gasteiger partial charge in [-0.25, -0.2) is 0 Å². The number of aryl methyl sites for hydroxylation is 2. The normalized spacial score (nSPS) is 13.8. The van der Waals surface area contributed by atoms with Crippen molar-refractivity contribution < 1.29 is 33.2 Å². The Morgan fingerprint density at radius 1 is 0.634 bits per heavy atom. The smallest absolute Gasteiger partial charge is 0.119 e. The van der Waals surface area contributed by atoms with Gasteiger partial charge in [-0.1, -0.05) is 36.4 Å². The lowest BCUT2D eigenvalue weighted by atomic mass is 9.93. The predicted octanol–water partition coefficient (Wildman–Crippen LogP) is 4.28. The van der Waals surface area contributed by atoms with E-state index in [0.717, 1.165) is 31.6 Å². The van der Waals surface area contributed by atoms with Crippen LogP contribution in [0, 0.1) is 0 Å². The van der Waals surface area contributed by atoms with Gasteiger partial charge in [-0.05, 0) is 73.3 Å². The minimum Gasteiger partial charge on any atom is -0.491 e. The molecule has 3 rings (SSSR count). The Bertz CT molecular complexity index is 1010. The third-order valence-corrected chi connectivity index (χ3v) is 6.68. The lowest BCUT2D eigenvalue weighted by molar-refractivity contribution is -0.0159. The maximum absolute atomic E-state index is 6.02. The zero-order chi connectivity index (χ0) is 29.0. The summed E-state index contributed by atoms with van der Waals surface area (Å²) in [5.74, 6) is 0.891. The molecule has 228 valence electrons. The molecule has 2 aromatic rings. The van der Waals surface area contributed by atoms with Gasteiger partial charge >= 0.3 is 0 Å². The Labute approximate surface area is 246 Å². The Kier molecular flexibility index (Phi) is 16.6. The van der Waals surface area contributed by atoms with Crippen molar-refractivity contribution in [3.63, 3.8) is 0 Å². The zero-order valence-electron chi connectivity index (χ0n) is 25.2. The molecule has 8 heteroatoms. The first-order valence-corrected chi connectivity index (χ1v) is 14.8. The second-order valence-corrected chi connectivity index (χ2v) is 10.1. The highest BCUT2D eigenvalue weighted by Gasteiger charge is 2.18. The van der Waals surface area contributed by atoms with Crippen molar-refractivity contribution in [1.29, 1.82) is 0 Å². The summed E-state index contributed by atoms with van der Waals surface area (Å²) in [6.45, 7) is 7.58. The number of hydrogen-bond donors (Lipinski definition) is 0. The van der Waals surface area contributed by atoms with Crippen LogP contribution in [0.4, 0.5) is 0 Å². The number of ether oxygens (including phenoxy) is 7. The van der Waals surface area contributed by atoms with Crippen LogP contribution in [0.2, 0.25) is 0 Å². The van der Waals surface area contributed by atoms with E-state index in [4.69, 9.17) is 33.2 Å². The molecule has 0 saturated carbocycles. The van der Waals surface area contributed by atoms with E-state index in [1.54, 1.807) is 7.11 Å². The van der Waals surface area contributed by atoms with Crippen LogP contribution in [0.1, 0.15) is 28.7 Å². The van der Waals surface area contributed by atoms with Crippen LogP contribution in [0.3, 0.4) is 0 Å². The Morgan fingerprint density at radius 3 is 1.78 bits per heavy atom. The van der Waals surface area contributed by atoms with Gasteiger partial charge in [0.05, 0.1) is 72.7 Å². The summed E-state index contributed by atoms with van der Waals surface area (Å²) in [7, 11) is 5.89. The molecule has 2 aromatic carbocycles. The number of nitrogens with zero attached hydrogens (tertiary/aromatic N) is 1. The topological polar surface area (TPSA) is 67.9 Å². The van der Waals surface area contributed by atoms with E-state index in [0.29, 0.717) is 79.3 Å². The predicted molar refractivity (Wildman–Crippen MR) is 162 cm³/mol. The molecule has 0 N–H and O–H groups in total. The maximum atomic E-state index is 6.02. The summed E-state index contributed by atoms with van der Waals surface area (Å²) in [4.78, 5) is 2.23. The molecule has 1 aliphatic carbocycles. The number of benzene rings is 2. The summed E-state index contributed by atoms with van der Waals surface area (Å²) in [6, 6.07) is 15.3. The van der Waals surface area contributed by atoms with Crippen molar-refractivity contribution in [1.82, 2.24) is 4.90 Å². The van der Waals surface area contributed by atoms with E-state index in [-0.39, 0.29) is 0 Å². The van der Waals surface area contributed by atoms with Crippen molar-refractivity contribution in [2.24, 2.45) is 0 Å². The van der Waals surface area contributed by atoms with Crippen LogP contribution in [0.25, 0.3) is 5.57 Å². The second kappa shape index (κ2) is 20.6. The molecule has 8 nitrogen and oxygen atoms in total. The Morgan fingerprint density at radius 2 is 1.17 bits per heavy atom. The fourth-order valence-corrected chi connectivity index (χ4v) is 4.57. The molecule has 0 fully saturated rings. The molecular weight excluding hydrogens is 522 g/mol. The largest absolute Gasteiger partial charge is 0.491 e. The van der Waals surface area contributed by atoms with Gasteiger partial charge in [0.25, 0.3) is 0 Å². The molecule has 0 saturated heterocycles. The van der Waals surface area contributed by atoms with E-state index in [2.05, 4.69) is 67.5 Å². The lowest BCUT2D eigenvalue weighted by Crippen LogP contribution is -2.14. The monoisotopic (exact) mass is 571 g/mol. The molecule has 0 amide bonds. The van der Waals surface area contributed by atoms with E-state index in [9.17, 15) is 0 Å². The Hall–Kier alpha value is -2.30. The summed E-state index contributed by atoms with van der Waals surface area (Å²) in [5.41, 5.74) is 6.75. The molecule has 0 spiro atoms. The van der Waals surface area contributed by atoms with Crippen molar-refractivity contribution in [3.8, 4) is 5.75 Å². The molecule has 0 atom stereocenters. The summed E-state index contributed by atoms with van der Waals surface area (Å²) in [5, 5.41) is 0. The third kappa shape index (κ3) is 13.0. The number of hydrogen-bond acceptors (Lipinski definition) is 8. The fraction of sp³-hybridized carbons (Fsp3) is 0.576. The van der Waals surface area contributed by atoms with Crippen molar-refractivity contribution in [2.45, 2.75) is 19.3 Å². The molecule has 0 aliphatic heterocycles. The van der Waals surface area contributed by atoms with Crippen LogP contribution in [0.5, 0.6) is 5.75 Å². The third-order valence-electron chi connectivity index (χ3n) is 6.68. The van der Waals surface area contributed by atoms with Crippen molar-refractivity contribution in [3.05, 3.63) is 70.8 Å². The minimum absolute atomic E-state index is 0.505. The second-order valence-electron chi connectivity index (χ2n) is 10.1. The first-order chi connectivity index (χ1) is 20.2. The molecule has 0 aromatic heterocycles. The SMILES string of the molecule is COCCOCCOCCOCCOCCOCCOc1ccc2c(c1)CCc1ccccc1/C2=C\CCN(C)C. The van der Waals surface area contributed by atoms with Gasteiger partial charge in [0.1, 0.15) is 12.4 Å². The van der Waals surface area contributed by atoms with Gasteiger partial charge in [0, 0.05) is 13.7 Å². The van der Waals surface area contributed by atoms with Crippen LogP contribution < -0.4 is 4.74 Å². The molecule has 0 unspecified atom stereocenters. The summed E-state index contributed by atoms with van der Waals surface area (Å²) >= 11 is 0. The van der Waals surface area contributed by atoms with Gasteiger partial charge in [-0.2, -0.15) is 0 Å². The average molecular weight is 572 g/mol. The van der Waals surface area contributed by atoms with E-state index < -0.39 is 0 Å². The van der Waals surface area contributed by atoms with Crippen molar-refractivity contribution >= 4 is 5.57 Å². The number of fused-ring (bicyclic) bond motifs is 2. The fourth-order valence-electron chi connectivity index (χ4n) is 4.57. The molecular formula is C33H49NO7. The summed E-state index contributed by atoms with van der Waals surface area (Å²) < 4.78 is 38.4. The molecule has 0 radical (unpaired) electrons. The van der Waals surface area contributed by atoms with Crippen LogP contribution >= 0.6 is 0 Å². The highest BCUT2D eigenvalue weighted by Crippen LogP contribution is 2.35. The molecule has 41 heavy (non-hydrogen) atoms.